The van der Waals surface area contributed by atoms with Gasteiger partial charge in [-0.1, -0.05) is 18.2 Å². The molecule has 0 radical (unpaired) electrons. The molecule has 1 N–H and O–H groups in total. The second-order valence-corrected chi connectivity index (χ2v) is 4.78. The second kappa shape index (κ2) is 8.19. The highest BCUT2D eigenvalue weighted by Crippen LogP contribution is 2.09. The van der Waals surface area contributed by atoms with Gasteiger partial charge in [-0.05, 0) is 32.4 Å². The number of ether oxygens (including phenoxy) is 1. The number of para-hydroxylation sites is 1. The van der Waals surface area contributed by atoms with E-state index in [0.29, 0.717) is 18.7 Å². The van der Waals surface area contributed by atoms with Gasteiger partial charge in [0.05, 0.1) is 0 Å². The molecule has 110 valence electrons. The zero-order valence-corrected chi connectivity index (χ0v) is 11.9. The van der Waals surface area contributed by atoms with Crippen molar-refractivity contribution in [2.45, 2.75) is 32.7 Å². The minimum absolute atomic E-state index is 0.0238. The lowest BCUT2D eigenvalue weighted by atomic mass is 10.2. The fraction of sp³-hybridized carbons (Fsp3) is 0.467. The highest BCUT2D eigenvalue weighted by Gasteiger charge is 2.17. The topological polar surface area (TPSA) is 66.8 Å². The van der Waals surface area contributed by atoms with Crippen molar-refractivity contribution >= 4 is 11.9 Å². The van der Waals surface area contributed by atoms with Gasteiger partial charge in [0.15, 0.2) is 6.61 Å². The molecule has 5 heteroatoms. The molecule has 0 aliphatic heterocycles. The van der Waals surface area contributed by atoms with Crippen molar-refractivity contribution in [2.75, 3.05) is 13.2 Å². The number of hydrogen-bond acceptors (Lipinski definition) is 3. The lowest BCUT2D eigenvalue weighted by Crippen LogP contribution is -2.40. The zero-order valence-electron chi connectivity index (χ0n) is 11.9. The normalized spacial score (nSPS) is 10.3. The van der Waals surface area contributed by atoms with Crippen LogP contribution in [0.1, 0.15) is 26.7 Å². The second-order valence-electron chi connectivity index (χ2n) is 4.78. The Labute approximate surface area is 119 Å². The van der Waals surface area contributed by atoms with Gasteiger partial charge < -0.3 is 14.7 Å². The molecule has 0 heterocycles. The SMILES string of the molecule is CC(C)N(CCCC(=O)O)C(=O)COc1ccccc1. The number of amides is 1. The monoisotopic (exact) mass is 279 g/mol. The van der Waals surface area contributed by atoms with Gasteiger partial charge in [0, 0.05) is 19.0 Å². The number of hydrogen-bond donors (Lipinski definition) is 1. The van der Waals surface area contributed by atoms with Gasteiger partial charge in [-0.15, -0.1) is 0 Å². The van der Waals surface area contributed by atoms with Crippen LogP contribution in [-0.4, -0.2) is 41.1 Å². The van der Waals surface area contributed by atoms with Crippen LogP contribution in [0.4, 0.5) is 0 Å². The van der Waals surface area contributed by atoms with Crippen LogP contribution in [0.15, 0.2) is 30.3 Å². The Morgan fingerprint density at radius 1 is 1.25 bits per heavy atom. The lowest BCUT2D eigenvalue weighted by molar-refractivity contribution is -0.139. The van der Waals surface area contributed by atoms with Crippen molar-refractivity contribution in [3.63, 3.8) is 0 Å². The number of nitrogens with zero attached hydrogens (tertiary/aromatic N) is 1. The molecule has 0 saturated heterocycles. The summed E-state index contributed by atoms with van der Waals surface area (Å²) in [6.45, 7) is 4.21. The molecule has 1 rings (SSSR count). The van der Waals surface area contributed by atoms with E-state index in [1.165, 1.54) is 0 Å². The third-order valence-corrected chi connectivity index (χ3v) is 2.84. The van der Waals surface area contributed by atoms with Crippen LogP contribution in [0.2, 0.25) is 0 Å². The summed E-state index contributed by atoms with van der Waals surface area (Å²) in [5.74, 6) is -0.328. The summed E-state index contributed by atoms with van der Waals surface area (Å²) < 4.78 is 5.42. The molecule has 0 aliphatic carbocycles. The quantitative estimate of drug-likeness (QED) is 0.792. The molecule has 0 aliphatic rings. The molecule has 0 bridgehead atoms. The van der Waals surface area contributed by atoms with Gasteiger partial charge in [-0.25, -0.2) is 0 Å². The number of rotatable bonds is 8. The summed E-state index contributed by atoms with van der Waals surface area (Å²) in [4.78, 5) is 24.2. The summed E-state index contributed by atoms with van der Waals surface area (Å²) in [5.41, 5.74) is 0. The van der Waals surface area contributed by atoms with Crippen molar-refractivity contribution in [3.05, 3.63) is 30.3 Å². The number of carboxylic acids is 1. The molecule has 0 unspecified atom stereocenters. The number of carboxylic acid groups (broad SMARTS) is 1. The molecule has 0 aromatic heterocycles. The van der Waals surface area contributed by atoms with E-state index in [0.717, 1.165) is 0 Å². The first-order valence-electron chi connectivity index (χ1n) is 6.70. The minimum Gasteiger partial charge on any atom is -0.484 e. The Kier molecular flexibility index (Phi) is 6.56. The van der Waals surface area contributed by atoms with Gasteiger partial charge in [-0.3, -0.25) is 9.59 Å². The van der Waals surface area contributed by atoms with Crippen LogP contribution in [0.25, 0.3) is 0 Å². The summed E-state index contributed by atoms with van der Waals surface area (Å²) in [6.07, 6.45) is 0.515. The maximum Gasteiger partial charge on any atom is 0.303 e. The summed E-state index contributed by atoms with van der Waals surface area (Å²) >= 11 is 0. The summed E-state index contributed by atoms with van der Waals surface area (Å²) in [6, 6.07) is 9.16. The van der Waals surface area contributed by atoms with Gasteiger partial charge in [0.2, 0.25) is 0 Å². The fourth-order valence-electron chi connectivity index (χ4n) is 1.82. The maximum absolute atomic E-state index is 12.1. The Morgan fingerprint density at radius 2 is 1.90 bits per heavy atom. The molecule has 1 aromatic rings. The molecular formula is C15H21NO4. The third kappa shape index (κ3) is 5.73. The van der Waals surface area contributed by atoms with Crippen molar-refractivity contribution in [1.82, 2.24) is 4.90 Å². The first kappa shape index (κ1) is 16.0. The standard InChI is InChI=1S/C15H21NO4/c1-12(2)16(10-6-9-15(18)19)14(17)11-20-13-7-4-3-5-8-13/h3-5,7-8,12H,6,9-11H2,1-2H3,(H,18,19). The van der Waals surface area contributed by atoms with Gasteiger partial charge in [0.25, 0.3) is 5.91 Å². The van der Waals surface area contributed by atoms with E-state index in [2.05, 4.69) is 0 Å². The Balaban J connectivity index is 2.45. The molecular weight excluding hydrogens is 258 g/mol. The van der Waals surface area contributed by atoms with E-state index >= 15 is 0 Å². The summed E-state index contributed by atoms with van der Waals surface area (Å²) in [5, 5.41) is 8.63. The van der Waals surface area contributed by atoms with Crippen LogP contribution >= 0.6 is 0 Å². The molecule has 0 atom stereocenters. The maximum atomic E-state index is 12.1. The Bertz CT molecular complexity index is 431. The Hall–Kier alpha value is -2.04. The Morgan fingerprint density at radius 3 is 2.45 bits per heavy atom. The van der Waals surface area contributed by atoms with Gasteiger partial charge >= 0.3 is 5.97 Å². The van der Waals surface area contributed by atoms with Crippen LogP contribution in [0.5, 0.6) is 5.75 Å². The van der Waals surface area contributed by atoms with E-state index in [-0.39, 0.29) is 25.0 Å². The molecule has 1 amide bonds. The van der Waals surface area contributed by atoms with E-state index in [1.54, 1.807) is 17.0 Å². The number of carbonyl (C=O) groups excluding carboxylic acids is 1. The van der Waals surface area contributed by atoms with Crippen LogP contribution < -0.4 is 4.74 Å². The van der Waals surface area contributed by atoms with Crippen LogP contribution in [0, 0.1) is 0 Å². The van der Waals surface area contributed by atoms with Gasteiger partial charge in [0.1, 0.15) is 5.75 Å². The highest BCUT2D eigenvalue weighted by molar-refractivity contribution is 5.78. The van der Waals surface area contributed by atoms with Crippen molar-refractivity contribution in [3.8, 4) is 5.75 Å². The average molecular weight is 279 g/mol. The molecule has 0 spiro atoms. The van der Waals surface area contributed by atoms with E-state index < -0.39 is 5.97 Å². The molecule has 1 aromatic carbocycles. The largest absolute Gasteiger partial charge is 0.484 e. The average Bonchev–Trinajstić information content (AvgIpc) is 2.41. The molecule has 5 nitrogen and oxygen atoms in total. The van der Waals surface area contributed by atoms with E-state index in [9.17, 15) is 9.59 Å². The predicted molar refractivity (Wildman–Crippen MR) is 75.7 cm³/mol. The van der Waals surface area contributed by atoms with Crippen LogP contribution in [-0.2, 0) is 9.59 Å². The molecule has 0 saturated carbocycles. The van der Waals surface area contributed by atoms with Crippen molar-refractivity contribution in [1.29, 1.82) is 0 Å². The molecule has 0 fully saturated rings. The number of benzene rings is 1. The zero-order chi connectivity index (χ0) is 15.0. The third-order valence-electron chi connectivity index (χ3n) is 2.84. The molecule has 20 heavy (non-hydrogen) atoms. The predicted octanol–water partition coefficient (Wildman–Crippen LogP) is 2.17. The van der Waals surface area contributed by atoms with Crippen molar-refractivity contribution < 1.29 is 19.4 Å². The summed E-state index contributed by atoms with van der Waals surface area (Å²) in [7, 11) is 0. The van der Waals surface area contributed by atoms with Crippen LogP contribution in [0.3, 0.4) is 0 Å². The van der Waals surface area contributed by atoms with E-state index in [1.807, 2.05) is 32.0 Å². The number of carbonyl (C=O) groups is 2. The lowest BCUT2D eigenvalue weighted by Gasteiger charge is -2.26. The fourth-order valence-corrected chi connectivity index (χ4v) is 1.82. The first-order chi connectivity index (χ1) is 9.50. The van der Waals surface area contributed by atoms with Gasteiger partial charge in [-0.2, -0.15) is 0 Å². The van der Waals surface area contributed by atoms with Crippen molar-refractivity contribution in [2.24, 2.45) is 0 Å². The number of aliphatic carboxylic acids is 1. The first-order valence-corrected chi connectivity index (χ1v) is 6.70. The van der Waals surface area contributed by atoms with E-state index in [4.69, 9.17) is 9.84 Å². The minimum atomic E-state index is -0.846. The highest BCUT2D eigenvalue weighted by atomic mass is 16.5. The smallest absolute Gasteiger partial charge is 0.303 e.